The highest BCUT2D eigenvalue weighted by atomic mass is 79.9. The fourth-order valence-electron chi connectivity index (χ4n) is 3.12. The minimum atomic E-state index is -0.429. The van der Waals surface area contributed by atoms with E-state index in [0.717, 1.165) is 11.8 Å². The predicted molar refractivity (Wildman–Crippen MR) is 135 cm³/mol. The maximum atomic E-state index is 13.0. The SMILES string of the molecule is CCOc1cc(/C=C2/SC(=O)N(CCCOC)C2=O)c(Br)cc1OCC(=O)Nc1ccc(F)cc1. The Balaban J connectivity index is 1.72. The molecule has 1 fully saturated rings. The van der Waals surface area contributed by atoms with Crippen molar-refractivity contribution < 1.29 is 33.0 Å². The van der Waals surface area contributed by atoms with Gasteiger partial charge in [-0.1, -0.05) is 15.9 Å². The zero-order chi connectivity index (χ0) is 25.4. The molecule has 11 heteroatoms. The molecule has 0 unspecified atom stereocenters. The summed E-state index contributed by atoms with van der Waals surface area (Å²) in [5.74, 6) is -0.504. The van der Waals surface area contributed by atoms with Crippen LogP contribution in [-0.4, -0.2) is 55.4 Å². The average Bonchev–Trinajstić information content (AvgIpc) is 3.09. The van der Waals surface area contributed by atoms with Gasteiger partial charge in [-0.25, -0.2) is 4.39 Å². The summed E-state index contributed by atoms with van der Waals surface area (Å²) in [5.41, 5.74) is 1.05. The number of anilines is 1. The molecule has 35 heavy (non-hydrogen) atoms. The second-order valence-corrected chi connectivity index (χ2v) is 9.12. The highest BCUT2D eigenvalue weighted by molar-refractivity contribution is 9.10. The maximum Gasteiger partial charge on any atom is 0.293 e. The standard InChI is InChI=1S/C24H24BrFN2O6S/c1-3-33-19-11-15(12-21-23(30)28(24(31)35-21)9-4-10-32-2)18(25)13-20(19)34-14-22(29)27-17-7-5-16(26)6-8-17/h5-8,11-13H,3-4,9-10,14H2,1-2H3,(H,27,29)/b21-12+. The summed E-state index contributed by atoms with van der Waals surface area (Å²) in [6.07, 6.45) is 2.17. The second-order valence-electron chi connectivity index (χ2n) is 7.28. The van der Waals surface area contributed by atoms with Crippen LogP contribution in [0.3, 0.4) is 0 Å². The Hall–Kier alpha value is -2.89. The molecule has 186 valence electrons. The molecule has 1 aliphatic rings. The monoisotopic (exact) mass is 566 g/mol. The fraction of sp³-hybridized carbons (Fsp3) is 0.292. The van der Waals surface area contributed by atoms with Crippen LogP contribution in [0.25, 0.3) is 6.08 Å². The Bertz CT molecular complexity index is 1130. The van der Waals surface area contributed by atoms with Crippen LogP contribution in [0.1, 0.15) is 18.9 Å². The first-order valence-electron chi connectivity index (χ1n) is 10.7. The molecule has 2 aromatic rings. The van der Waals surface area contributed by atoms with Crippen molar-refractivity contribution in [3.05, 3.63) is 57.2 Å². The molecule has 0 atom stereocenters. The van der Waals surface area contributed by atoms with Gasteiger partial charge in [0.25, 0.3) is 17.1 Å². The van der Waals surface area contributed by atoms with Gasteiger partial charge in [0.1, 0.15) is 5.82 Å². The topological polar surface area (TPSA) is 94.2 Å². The number of thioether (sulfide) groups is 1. The van der Waals surface area contributed by atoms with Crippen molar-refractivity contribution in [1.82, 2.24) is 4.90 Å². The summed E-state index contributed by atoms with van der Waals surface area (Å²) in [4.78, 5) is 38.7. The average molecular weight is 567 g/mol. The minimum absolute atomic E-state index is 0.286. The summed E-state index contributed by atoms with van der Waals surface area (Å²) in [7, 11) is 1.56. The zero-order valence-corrected chi connectivity index (χ0v) is 21.5. The van der Waals surface area contributed by atoms with Crippen molar-refractivity contribution >= 4 is 56.5 Å². The van der Waals surface area contributed by atoms with Crippen LogP contribution in [0.4, 0.5) is 14.9 Å². The molecule has 1 heterocycles. The number of methoxy groups -OCH3 is 1. The van der Waals surface area contributed by atoms with Crippen LogP contribution < -0.4 is 14.8 Å². The minimum Gasteiger partial charge on any atom is -0.490 e. The number of carbonyl (C=O) groups excluding carboxylic acids is 3. The lowest BCUT2D eigenvalue weighted by molar-refractivity contribution is -0.123. The van der Waals surface area contributed by atoms with E-state index >= 15 is 0 Å². The zero-order valence-electron chi connectivity index (χ0n) is 19.1. The number of amides is 3. The van der Waals surface area contributed by atoms with Gasteiger partial charge in [-0.2, -0.15) is 0 Å². The van der Waals surface area contributed by atoms with Gasteiger partial charge < -0.3 is 19.5 Å². The molecule has 8 nitrogen and oxygen atoms in total. The lowest BCUT2D eigenvalue weighted by atomic mass is 10.1. The molecule has 2 aromatic carbocycles. The molecule has 0 aliphatic carbocycles. The number of rotatable bonds is 11. The highest BCUT2D eigenvalue weighted by Gasteiger charge is 2.34. The molecule has 0 saturated carbocycles. The van der Waals surface area contributed by atoms with Gasteiger partial charge in [-0.05, 0) is 73.1 Å². The summed E-state index contributed by atoms with van der Waals surface area (Å²) < 4.78 is 29.9. The smallest absolute Gasteiger partial charge is 0.293 e. The van der Waals surface area contributed by atoms with Crippen LogP contribution in [0, 0.1) is 5.82 Å². The van der Waals surface area contributed by atoms with E-state index in [1.54, 1.807) is 32.2 Å². The van der Waals surface area contributed by atoms with Crippen molar-refractivity contribution in [3.8, 4) is 11.5 Å². The maximum absolute atomic E-state index is 13.0. The van der Waals surface area contributed by atoms with E-state index in [0.29, 0.717) is 51.8 Å². The highest BCUT2D eigenvalue weighted by Crippen LogP contribution is 2.38. The normalized spacial score (nSPS) is 14.5. The van der Waals surface area contributed by atoms with E-state index in [-0.39, 0.29) is 24.3 Å². The van der Waals surface area contributed by atoms with Crippen LogP contribution in [0.5, 0.6) is 11.5 Å². The Morgan fingerprint density at radius 2 is 1.89 bits per heavy atom. The van der Waals surface area contributed by atoms with Crippen molar-refractivity contribution in [1.29, 1.82) is 0 Å². The molecule has 3 rings (SSSR count). The second kappa shape index (κ2) is 12.7. The third kappa shape index (κ3) is 7.30. The molecule has 1 aliphatic heterocycles. The van der Waals surface area contributed by atoms with E-state index in [2.05, 4.69) is 21.2 Å². The number of carbonyl (C=O) groups is 3. The third-order valence-electron chi connectivity index (χ3n) is 4.74. The molecule has 0 aromatic heterocycles. The number of ether oxygens (including phenoxy) is 3. The number of nitrogens with one attached hydrogen (secondary N) is 1. The quantitative estimate of drug-likeness (QED) is 0.299. The number of halogens is 2. The van der Waals surface area contributed by atoms with Crippen LogP contribution in [0.2, 0.25) is 0 Å². The third-order valence-corrected chi connectivity index (χ3v) is 6.33. The van der Waals surface area contributed by atoms with Gasteiger partial charge in [0.15, 0.2) is 18.1 Å². The number of benzene rings is 2. The molecular formula is C24H24BrFN2O6S. The first kappa shape index (κ1) is 26.7. The van der Waals surface area contributed by atoms with Gasteiger partial charge in [0, 0.05) is 30.4 Å². The first-order chi connectivity index (χ1) is 16.8. The van der Waals surface area contributed by atoms with Gasteiger partial charge in [0.05, 0.1) is 11.5 Å². The Kier molecular flexibility index (Phi) is 9.70. The number of hydrogen-bond acceptors (Lipinski definition) is 7. The van der Waals surface area contributed by atoms with Gasteiger partial charge in [0.2, 0.25) is 0 Å². The Morgan fingerprint density at radius 1 is 1.17 bits per heavy atom. The van der Waals surface area contributed by atoms with E-state index in [9.17, 15) is 18.8 Å². The summed E-state index contributed by atoms with van der Waals surface area (Å²) in [6.45, 7) is 2.58. The van der Waals surface area contributed by atoms with E-state index in [1.807, 2.05) is 0 Å². The van der Waals surface area contributed by atoms with E-state index in [1.165, 1.54) is 29.2 Å². The van der Waals surface area contributed by atoms with Crippen LogP contribution in [0.15, 0.2) is 45.8 Å². The predicted octanol–water partition coefficient (Wildman–Crippen LogP) is 5.08. The lowest BCUT2D eigenvalue weighted by Gasteiger charge is -2.14. The van der Waals surface area contributed by atoms with Crippen LogP contribution in [-0.2, 0) is 14.3 Å². The summed E-state index contributed by atoms with van der Waals surface area (Å²) >= 11 is 4.33. The van der Waals surface area contributed by atoms with Gasteiger partial charge in [-0.15, -0.1) is 0 Å². The molecule has 1 N–H and O–H groups in total. The Labute approximate surface area is 214 Å². The molecule has 0 radical (unpaired) electrons. The number of hydrogen-bond donors (Lipinski definition) is 1. The van der Waals surface area contributed by atoms with Crippen molar-refractivity contribution in [2.24, 2.45) is 0 Å². The molecule has 1 saturated heterocycles. The lowest BCUT2D eigenvalue weighted by Crippen LogP contribution is -2.29. The first-order valence-corrected chi connectivity index (χ1v) is 12.3. The van der Waals surface area contributed by atoms with Crippen molar-refractivity contribution in [2.45, 2.75) is 13.3 Å². The molecule has 3 amide bonds. The summed E-state index contributed by atoms with van der Waals surface area (Å²) in [6, 6.07) is 8.68. The van der Waals surface area contributed by atoms with Gasteiger partial charge >= 0.3 is 0 Å². The van der Waals surface area contributed by atoms with Crippen molar-refractivity contribution in [2.75, 3.05) is 38.8 Å². The molecular weight excluding hydrogens is 543 g/mol. The number of imide groups is 1. The van der Waals surface area contributed by atoms with Crippen molar-refractivity contribution in [3.63, 3.8) is 0 Å². The van der Waals surface area contributed by atoms with Gasteiger partial charge in [-0.3, -0.25) is 19.3 Å². The summed E-state index contributed by atoms with van der Waals surface area (Å²) in [5, 5.41) is 2.29. The fourth-order valence-corrected chi connectivity index (χ4v) is 4.41. The number of nitrogens with zero attached hydrogens (tertiary/aromatic N) is 1. The van der Waals surface area contributed by atoms with E-state index < -0.39 is 11.7 Å². The Morgan fingerprint density at radius 3 is 2.57 bits per heavy atom. The van der Waals surface area contributed by atoms with E-state index in [4.69, 9.17) is 14.2 Å². The molecule has 0 bridgehead atoms. The molecule has 0 spiro atoms. The van der Waals surface area contributed by atoms with Crippen LogP contribution >= 0.6 is 27.7 Å². The largest absolute Gasteiger partial charge is 0.490 e.